The Bertz CT molecular complexity index is 431. The Kier molecular flexibility index (Phi) is 5.35. The number of nitrogens with two attached hydrogens (primary N) is 1. The highest BCUT2D eigenvalue weighted by atomic mass is 14.7. The molecule has 2 aliphatic carbocycles. The Morgan fingerprint density at radius 1 is 0.905 bits per heavy atom. The molecule has 1 aromatic carbocycles. The van der Waals surface area contributed by atoms with Crippen molar-refractivity contribution in [3.63, 3.8) is 0 Å². The third-order valence-electron chi connectivity index (χ3n) is 5.81. The Morgan fingerprint density at radius 3 is 2.43 bits per heavy atom. The average Bonchev–Trinajstić information content (AvgIpc) is 2.47. The van der Waals surface area contributed by atoms with Gasteiger partial charge >= 0.3 is 0 Å². The minimum atomic E-state index is 0.416. The van der Waals surface area contributed by atoms with E-state index in [2.05, 4.69) is 24.3 Å². The number of rotatable bonds is 3. The van der Waals surface area contributed by atoms with Crippen LogP contribution in [0, 0.1) is 5.92 Å². The Hall–Kier alpha value is -0.820. The summed E-state index contributed by atoms with van der Waals surface area (Å²) in [6.07, 6.45) is 15.0. The summed E-state index contributed by atoms with van der Waals surface area (Å²) in [6, 6.07) is 9.49. The Labute approximate surface area is 130 Å². The SMILES string of the molecule is NC(CC1CCCc2ccccc21)C1CCCCCCC1. The summed E-state index contributed by atoms with van der Waals surface area (Å²) >= 11 is 0. The van der Waals surface area contributed by atoms with Crippen LogP contribution in [0.2, 0.25) is 0 Å². The van der Waals surface area contributed by atoms with Gasteiger partial charge in [-0.3, -0.25) is 0 Å². The molecule has 2 N–H and O–H groups in total. The summed E-state index contributed by atoms with van der Waals surface area (Å²) in [5.41, 5.74) is 9.84. The molecule has 0 heterocycles. The van der Waals surface area contributed by atoms with Crippen LogP contribution in [0.4, 0.5) is 0 Å². The summed E-state index contributed by atoms with van der Waals surface area (Å²) < 4.78 is 0. The van der Waals surface area contributed by atoms with Crippen LogP contribution >= 0.6 is 0 Å². The summed E-state index contributed by atoms with van der Waals surface area (Å²) in [7, 11) is 0. The molecule has 1 heteroatoms. The standard InChI is InChI=1S/C20H31N/c21-20(17-10-4-2-1-3-5-11-17)15-18-13-8-12-16-9-6-7-14-19(16)18/h6-7,9,14,17-18,20H,1-5,8,10-13,15,21H2. The summed E-state index contributed by atoms with van der Waals surface area (Å²) in [4.78, 5) is 0. The van der Waals surface area contributed by atoms with Gasteiger partial charge in [0.2, 0.25) is 0 Å². The van der Waals surface area contributed by atoms with E-state index in [1.165, 1.54) is 70.6 Å². The van der Waals surface area contributed by atoms with E-state index in [9.17, 15) is 0 Å². The molecule has 0 aliphatic heterocycles. The van der Waals surface area contributed by atoms with Gasteiger partial charge in [-0.15, -0.1) is 0 Å². The summed E-state index contributed by atoms with van der Waals surface area (Å²) in [5, 5.41) is 0. The molecule has 116 valence electrons. The van der Waals surface area contributed by atoms with Crippen molar-refractivity contribution < 1.29 is 0 Å². The quantitative estimate of drug-likeness (QED) is 0.813. The van der Waals surface area contributed by atoms with Crippen LogP contribution in [-0.4, -0.2) is 6.04 Å². The van der Waals surface area contributed by atoms with Gasteiger partial charge in [-0.2, -0.15) is 0 Å². The van der Waals surface area contributed by atoms with Gasteiger partial charge in [-0.1, -0.05) is 56.4 Å². The molecule has 1 aromatic rings. The fourth-order valence-electron chi connectivity index (χ4n) is 4.54. The lowest BCUT2D eigenvalue weighted by atomic mass is 9.76. The van der Waals surface area contributed by atoms with Crippen LogP contribution < -0.4 is 5.73 Å². The highest BCUT2D eigenvalue weighted by molar-refractivity contribution is 5.32. The average molecular weight is 285 g/mol. The minimum absolute atomic E-state index is 0.416. The second-order valence-corrected chi connectivity index (χ2v) is 7.29. The first-order valence-corrected chi connectivity index (χ1v) is 9.18. The molecule has 2 unspecified atom stereocenters. The molecule has 0 aromatic heterocycles. The molecule has 2 atom stereocenters. The molecule has 0 radical (unpaired) electrons. The fraction of sp³-hybridized carbons (Fsp3) is 0.700. The second kappa shape index (κ2) is 7.45. The van der Waals surface area contributed by atoms with Crippen molar-refractivity contribution in [3.8, 4) is 0 Å². The van der Waals surface area contributed by atoms with Crippen LogP contribution in [0.3, 0.4) is 0 Å². The van der Waals surface area contributed by atoms with Crippen LogP contribution in [-0.2, 0) is 6.42 Å². The third kappa shape index (κ3) is 3.88. The highest BCUT2D eigenvalue weighted by Crippen LogP contribution is 2.36. The number of hydrogen-bond donors (Lipinski definition) is 1. The van der Waals surface area contributed by atoms with Gasteiger partial charge in [-0.05, 0) is 61.5 Å². The van der Waals surface area contributed by atoms with E-state index in [-0.39, 0.29) is 0 Å². The molecule has 0 spiro atoms. The summed E-state index contributed by atoms with van der Waals surface area (Å²) in [5.74, 6) is 1.50. The maximum absolute atomic E-state index is 6.66. The van der Waals surface area contributed by atoms with Gasteiger partial charge in [-0.25, -0.2) is 0 Å². The van der Waals surface area contributed by atoms with Gasteiger partial charge in [0.15, 0.2) is 0 Å². The van der Waals surface area contributed by atoms with E-state index < -0.39 is 0 Å². The second-order valence-electron chi connectivity index (χ2n) is 7.29. The Morgan fingerprint density at radius 2 is 1.62 bits per heavy atom. The van der Waals surface area contributed by atoms with Gasteiger partial charge in [0.05, 0.1) is 0 Å². The van der Waals surface area contributed by atoms with Crippen LogP contribution in [0.25, 0.3) is 0 Å². The molecule has 2 aliphatic rings. The number of aryl methyl sites for hydroxylation is 1. The predicted octanol–water partition coefficient (Wildman–Crippen LogP) is 5.18. The van der Waals surface area contributed by atoms with Gasteiger partial charge in [0, 0.05) is 6.04 Å². The minimum Gasteiger partial charge on any atom is -0.327 e. The summed E-state index contributed by atoms with van der Waals surface area (Å²) in [6.45, 7) is 0. The monoisotopic (exact) mass is 285 g/mol. The van der Waals surface area contributed by atoms with Gasteiger partial charge < -0.3 is 5.73 Å². The number of benzene rings is 1. The van der Waals surface area contributed by atoms with Crippen molar-refractivity contribution >= 4 is 0 Å². The molecule has 0 bridgehead atoms. The zero-order chi connectivity index (χ0) is 14.5. The van der Waals surface area contributed by atoms with E-state index >= 15 is 0 Å². The zero-order valence-corrected chi connectivity index (χ0v) is 13.4. The lowest BCUT2D eigenvalue weighted by Crippen LogP contribution is -2.33. The van der Waals surface area contributed by atoms with E-state index in [1.807, 2.05) is 0 Å². The molecule has 3 rings (SSSR count). The van der Waals surface area contributed by atoms with Gasteiger partial charge in [0.25, 0.3) is 0 Å². The lowest BCUT2D eigenvalue weighted by molar-refractivity contribution is 0.295. The molecule has 1 nitrogen and oxygen atoms in total. The van der Waals surface area contributed by atoms with Crippen LogP contribution in [0.15, 0.2) is 24.3 Å². The maximum Gasteiger partial charge on any atom is 0.00729 e. The first-order valence-electron chi connectivity index (χ1n) is 9.18. The largest absolute Gasteiger partial charge is 0.327 e. The maximum atomic E-state index is 6.66. The zero-order valence-electron chi connectivity index (χ0n) is 13.4. The predicted molar refractivity (Wildman–Crippen MR) is 90.5 cm³/mol. The van der Waals surface area contributed by atoms with Crippen molar-refractivity contribution in [2.45, 2.75) is 82.6 Å². The van der Waals surface area contributed by atoms with E-state index in [4.69, 9.17) is 5.73 Å². The van der Waals surface area contributed by atoms with E-state index in [0.29, 0.717) is 6.04 Å². The van der Waals surface area contributed by atoms with E-state index in [1.54, 1.807) is 11.1 Å². The fourth-order valence-corrected chi connectivity index (χ4v) is 4.54. The molecule has 21 heavy (non-hydrogen) atoms. The number of hydrogen-bond acceptors (Lipinski definition) is 1. The normalized spacial score (nSPS) is 25.7. The molecule has 0 amide bonds. The highest BCUT2D eigenvalue weighted by Gasteiger charge is 2.26. The van der Waals surface area contributed by atoms with E-state index in [0.717, 1.165) is 11.8 Å². The number of fused-ring (bicyclic) bond motifs is 1. The molecular weight excluding hydrogens is 254 g/mol. The molecule has 1 saturated carbocycles. The lowest BCUT2D eigenvalue weighted by Gasteiger charge is -2.32. The third-order valence-corrected chi connectivity index (χ3v) is 5.81. The van der Waals surface area contributed by atoms with Crippen molar-refractivity contribution in [1.82, 2.24) is 0 Å². The van der Waals surface area contributed by atoms with Crippen molar-refractivity contribution in [2.75, 3.05) is 0 Å². The first-order chi connectivity index (χ1) is 10.3. The molecule has 0 saturated heterocycles. The first kappa shape index (κ1) is 15.1. The van der Waals surface area contributed by atoms with Crippen LogP contribution in [0.5, 0.6) is 0 Å². The Balaban J connectivity index is 1.63. The molecule has 1 fully saturated rings. The smallest absolute Gasteiger partial charge is 0.00729 e. The van der Waals surface area contributed by atoms with Crippen molar-refractivity contribution in [2.24, 2.45) is 11.7 Å². The topological polar surface area (TPSA) is 26.0 Å². The molecular formula is C20H31N. The van der Waals surface area contributed by atoms with Gasteiger partial charge in [0.1, 0.15) is 0 Å². The van der Waals surface area contributed by atoms with Crippen LogP contribution in [0.1, 0.15) is 81.3 Å². The van der Waals surface area contributed by atoms with Crippen molar-refractivity contribution in [1.29, 1.82) is 0 Å². The van der Waals surface area contributed by atoms with Crippen molar-refractivity contribution in [3.05, 3.63) is 35.4 Å².